The maximum atomic E-state index is 11.6. The van der Waals surface area contributed by atoms with E-state index in [0.29, 0.717) is 18.1 Å². The summed E-state index contributed by atoms with van der Waals surface area (Å²) >= 11 is 0. The summed E-state index contributed by atoms with van der Waals surface area (Å²) in [5.41, 5.74) is 9.65. The summed E-state index contributed by atoms with van der Waals surface area (Å²) < 4.78 is 5.55. The Hall–Kier alpha value is -2.24. The third-order valence-electron chi connectivity index (χ3n) is 2.94. The van der Waals surface area contributed by atoms with E-state index < -0.39 is 0 Å². The lowest BCUT2D eigenvalue weighted by Gasteiger charge is -2.38. The average molecular weight is 232 g/mol. The van der Waals surface area contributed by atoms with E-state index in [2.05, 4.69) is 10.5 Å². The molecule has 0 radical (unpaired) electrons. The maximum absolute atomic E-state index is 11.6. The summed E-state index contributed by atoms with van der Waals surface area (Å²) in [6.45, 7) is 2.17. The van der Waals surface area contributed by atoms with Crippen LogP contribution in [-0.2, 0) is 4.79 Å². The van der Waals surface area contributed by atoms with E-state index in [-0.39, 0.29) is 11.9 Å². The Morgan fingerprint density at radius 1 is 1.59 bits per heavy atom. The molecule has 1 aromatic carbocycles. The molecule has 1 amide bonds. The van der Waals surface area contributed by atoms with Crippen molar-refractivity contribution in [3.05, 3.63) is 18.2 Å². The van der Waals surface area contributed by atoms with E-state index in [1.807, 2.05) is 11.8 Å². The van der Waals surface area contributed by atoms with E-state index in [1.165, 1.54) is 0 Å². The van der Waals surface area contributed by atoms with Crippen LogP contribution in [0.1, 0.15) is 6.92 Å². The lowest BCUT2D eigenvalue weighted by atomic mass is 10.1. The number of fused-ring (bicyclic) bond motifs is 3. The van der Waals surface area contributed by atoms with Gasteiger partial charge >= 0.3 is 0 Å². The number of benzene rings is 1. The molecule has 0 fully saturated rings. The number of amidine groups is 1. The lowest BCUT2D eigenvalue weighted by molar-refractivity contribution is -0.122. The number of nitrogens with zero attached hydrogens (tertiary/aromatic N) is 2. The van der Waals surface area contributed by atoms with Gasteiger partial charge < -0.3 is 15.4 Å². The molecule has 0 spiro atoms. The van der Waals surface area contributed by atoms with Gasteiger partial charge in [0.25, 0.3) is 5.91 Å². The number of nitrogen functional groups attached to an aromatic ring is 1. The Balaban J connectivity index is 2.14. The summed E-state index contributed by atoms with van der Waals surface area (Å²) in [4.78, 5) is 13.5. The van der Waals surface area contributed by atoms with Crippen LogP contribution in [0.5, 0.6) is 5.75 Å². The molecule has 1 atom stereocenters. The standard InChI is InChI=1S/C11H12N4O2/c1-6-11(16)14-13-10-5-17-9-3-2-7(12)4-8(9)15(6)10/h2-4,6H,5,12H2,1H3,(H,14,16). The summed E-state index contributed by atoms with van der Waals surface area (Å²) in [6.07, 6.45) is 0. The Morgan fingerprint density at radius 3 is 3.24 bits per heavy atom. The number of nitrogens with two attached hydrogens (primary N) is 1. The largest absolute Gasteiger partial charge is 0.483 e. The Labute approximate surface area is 98.0 Å². The molecule has 2 aliphatic rings. The Bertz CT molecular complexity index is 526. The summed E-state index contributed by atoms with van der Waals surface area (Å²) in [5.74, 6) is 1.28. The molecule has 1 unspecified atom stereocenters. The average Bonchev–Trinajstić information content (AvgIpc) is 2.33. The van der Waals surface area contributed by atoms with Crippen LogP contribution in [-0.4, -0.2) is 24.4 Å². The quantitative estimate of drug-likeness (QED) is 0.630. The first-order valence-corrected chi connectivity index (χ1v) is 5.35. The van der Waals surface area contributed by atoms with Crippen molar-refractivity contribution < 1.29 is 9.53 Å². The number of carbonyl (C=O) groups excluding carboxylic acids is 1. The second kappa shape index (κ2) is 3.38. The molecule has 3 rings (SSSR count). The molecule has 1 aromatic rings. The third-order valence-corrected chi connectivity index (χ3v) is 2.94. The van der Waals surface area contributed by atoms with Gasteiger partial charge in [-0.1, -0.05) is 0 Å². The Kier molecular flexibility index (Phi) is 1.98. The summed E-state index contributed by atoms with van der Waals surface area (Å²) in [6, 6.07) is 5.06. The topological polar surface area (TPSA) is 79.9 Å². The number of hydrazone groups is 1. The van der Waals surface area contributed by atoms with Gasteiger partial charge in [-0.15, -0.1) is 0 Å². The van der Waals surface area contributed by atoms with E-state index in [9.17, 15) is 4.79 Å². The molecule has 88 valence electrons. The molecule has 2 aliphatic heterocycles. The summed E-state index contributed by atoms with van der Waals surface area (Å²) in [7, 11) is 0. The van der Waals surface area contributed by atoms with E-state index in [0.717, 1.165) is 11.4 Å². The number of hydrogen-bond acceptors (Lipinski definition) is 5. The molecule has 6 heteroatoms. The van der Waals surface area contributed by atoms with Gasteiger partial charge in [-0.3, -0.25) is 4.79 Å². The molecular weight excluding hydrogens is 220 g/mol. The smallest absolute Gasteiger partial charge is 0.262 e. The number of rotatable bonds is 0. The number of carbonyl (C=O) groups is 1. The molecule has 0 bridgehead atoms. The number of nitrogens with one attached hydrogen (secondary N) is 1. The zero-order valence-corrected chi connectivity index (χ0v) is 9.30. The summed E-state index contributed by atoms with van der Waals surface area (Å²) in [5, 5.41) is 3.99. The van der Waals surface area contributed by atoms with Gasteiger partial charge in [0, 0.05) is 5.69 Å². The molecule has 3 N–H and O–H groups in total. The minimum absolute atomic E-state index is 0.135. The predicted molar refractivity (Wildman–Crippen MR) is 63.9 cm³/mol. The first-order chi connectivity index (χ1) is 8.16. The van der Waals surface area contributed by atoms with Gasteiger partial charge in [0.05, 0.1) is 5.69 Å². The zero-order chi connectivity index (χ0) is 12.0. The molecule has 0 saturated heterocycles. The molecule has 0 aromatic heterocycles. The zero-order valence-electron chi connectivity index (χ0n) is 9.30. The van der Waals surface area contributed by atoms with Crippen molar-refractivity contribution in [1.29, 1.82) is 0 Å². The van der Waals surface area contributed by atoms with Crippen LogP contribution in [0.2, 0.25) is 0 Å². The fourth-order valence-corrected chi connectivity index (χ4v) is 2.04. The van der Waals surface area contributed by atoms with E-state index in [4.69, 9.17) is 10.5 Å². The van der Waals surface area contributed by atoms with Crippen LogP contribution >= 0.6 is 0 Å². The van der Waals surface area contributed by atoms with Gasteiger partial charge in [0.15, 0.2) is 5.84 Å². The van der Waals surface area contributed by atoms with E-state index >= 15 is 0 Å². The second-order valence-electron chi connectivity index (χ2n) is 4.07. The Morgan fingerprint density at radius 2 is 2.41 bits per heavy atom. The van der Waals surface area contributed by atoms with Gasteiger partial charge in [-0.05, 0) is 25.1 Å². The highest BCUT2D eigenvalue weighted by molar-refractivity contribution is 6.09. The van der Waals surface area contributed by atoms with Crippen LogP contribution in [0.25, 0.3) is 0 Å². The monoisotopic (exact) mass is 232 g/mol. The maximum Gasteiger partial charge on any atom is 0.262 e. The molecule has 0 aliphatic carbocycles. The minimum atomic E-state index is -0.313. The molecule has 17 heavy (non-hydrogen) atoms. The lowest BCUT2D eigenvalue weighted by Crippen LogP contribution is -2.55. The van der Waals surface area contributed by atoms with E-state index in [1.54, 1.807) is 18.2 Å². The fraction of sp³-hybridized carbons (Fsp3) is 0.273. The third kappa shape index (κ3) is 1.41. The number of ether oxygens (including phenoxy) is 1. The highest BCUT2D eigenvalue weighted by Gasteiger charge is 2.34. The van der Waals surface area contributed by atoms with Gasteiger partial charge in [-0.2, -0.15) is 5.10 Å². The van der Waals surface area contributed by atoms with Crippen LogP contribution in [0, 0.1) is 0 Å². The van der Waals surface area contributed by atoms with Crippen molar-refractivity contribution in [3.8, 4) is 5.75 Å². The number of anilines is 2. The first kappa shape index (κ1) is 9.95. The van der Waals surface area contributed by atoms with Crippen LogP contribution in [0.3, 0.4) is 0 Å². The normalized spacial score (nSPS) is 21.9. The number of hydrogen-bond donors (Lipinski definition) is 2. The van der Waals surface area contributed by atoms with Crippen LogP contribution in [0.4, 0.5) is 11.4 Å². The van der Waals surface area contributed by atoms with Gasteiger partial charge in [-0.25, -0.2) is 5.43 Å². The highest BCUT2D eigenvalue weighted by Crippen LogP contribution is 2.35. The first-order valence-electron chi connectivity index (χ1n) is 5.35. The van der Waals surface area contributed by atoms with Crippen molar-refractivity contribution in [2.24, 2.45) is 5.10 Å². The number of amides is 1. The van der Waals surface area contributed by atoms with Gasteiger partial charge in [0.2, 0.25) is 0 Å². The highest BCUT2D eigenvalue weighted by atomic mass is 16.5. The van der Waals surface area contributed by atoms with Crippen molar-refractivity contribution in [2.75, 3.05) is 17.2 Å². The minimum Gasteiger partial charge on any atom is -0.483 e. The molecule has 6 nitrogen and oxygen atoms in total. The fourth-order valence-electron chi connectivity index (χ4n) is 2.04. The van der Waals surface area contributed by atoms with Crippen molar-refractivity contribution in [3.63, 3.8) is 0 Å². The SMILES string of the molecule is CC1C(=O)NN=C2COc3ccc(N)cc3N21. The van der Waals surface area contributed by atoms with Crippen LogP contribution < -0.4 is 20.8 Å². The molecular formula is C11H12N4O2. The van der Waals surface area contributed by atoms with Crippen molar-refractivity contribution in [1.82, 2.24) is 5.43 Å². The van der Waals surface area contributed by atoms with Crippen LogP contribution in [0.15, 0.2) is 23.3 Å². The van der Waals surface area contributed by atoms with Crippen molar-refractivity contribution >= 4 is 23.1 Å². The molecule has 0 saturated carbocycles. The molecule has 2 heterocycles. The second-order valence-corrected chi connectivity index (χ2v) is 4.07. The van der Waals surface area contributed by atoms with Gasteiger partial charge in [0.1, 0.15) is 18.4 Å². The predicted octanol–water partition coefficient (Wildman–Crippen LogP) is 0.299. The van der Waals surface area contributed by atoms with Crippen molar-refractivity contribution in [2.45, 2.75) is 13.0 Å².